The first-order valence-electron chi connectivity index (χ1n) is 8.02. The number of aromatic nitrogens is 3. The van der Waals surface area contributed by atoms with Gasteiger partial charge in [-0.05, 0) is 36.4 Å². The lowest BCUT2D eigenvalue weighted by Crippen LogP contribution is -2.12. The van der Waals surface area contributed by atoms with Crippen LogP contribution in [0, 0.1) is 12.7 Å². The zero-order chi connectivity index (χ0) is 18.8. The molecule has 3 aromatic heterocycles. The number of nitrogens with one attached hydrogen (secondary N) is 1. The number of halogens is 1. The number of pyridine rings is 1. The van der Waals surface area contributed by atoms with E-state index < -0.39 is 5.91 Å². The molecule has 1 amide bonds. The second kappa shape index (κ2) is 6.83. The second-order valence-corrected chi connectivity index (χ2v) is 5.62. The lowest BCUT2D eigenvalue weighted by molar-refractivity contribution is 0.0993. The number of anilines is 1. The molecule has 0 radical (unpaired) electrons. The van der Waals surface area contributed by atoms with Crippen molar-refractivity contribution in [3.8, 4) is 22.6 Å². The highest BCUT2D eigenvalue weighted by atomic mass is 19.1. The van der Waals surface area contributed by atoms with Crippen molar-refractivity contribution in [2.75, 3.05) is 5.32 Å². The number of carbonyl (C=O) groups excluding carboxylic acids is 1. The van der Waals surface area contributed by atoms with E-state index in [4.69, 9.17) is 8.83 Å². The summed E-state index contributed by atoms with van der Waals surface area (Å²) in [4.78, 5) is 25.2. The van der Waals surface area contributed by atoms with Gasteiger partial charge in [0.2, 0.25) is 5.76 Å². The van der Waals surface area contributed by atoms with Crippen LogP contribution in [-0.2, 0) is 0 Å². The van der Waals surface area contributed by atoms with Crippen molar-refractivity contribution in [3.63, 3.8) is 0 Å². The van der Waals surface area contributed by atoms with E-state index >= 15 is 0 Å². The fourth-order valence-corrected chi connectivity index (χ4v) is 2.50. The Morgan fingerprint density at radius 1 is 1.07 bits per heavy atom. The van der Waals surface area contributed by atoms with Crippen LogP contribution in [0.1, 0.15) is 16.4 Å². The van der Waals surface area contributed by atoms with Gasteiger partial charge in [-0.3, -0.25) is 15.1 Å². The van der Waals surface area contributed by atoms with Gasteiger partial charge in [0.25, 0.3) is 5.91 Å². The number of hydrogen-bond acceptors (Lipinski definition) is 6. The topological polar surface area (TPSA) is 94.1 Å². The van der Waals surface area contributed by atoms with Crippen molar-refractivity contribution in [2.45, 2.75) is 6.92 Å². The second-order valence-electron chi connectivity index (χ2n) is 5.62. The Bertz CT molecular complexity index is 1090. The molecular weight excluding hydrogens is 351 g/mol. The number of oxazole rings is 2. The van der Waals surface area contributed by atoms with Crippen LogP contribution >= 0.6 is 0 Å². The highest BCUT2D eigenvalue weighted by Gasteiger charge is 2.22. The number of amides is 1. The van der Waals surface area contributed by atoms with Gasteiger partial charge < -0.3 is 8.83 Å². The summed E-state index contributed by atoms with van der Waals surface area (Å²) in [6.07, 6.45) is 3.03. The summed E-state index contributed by atoms with van der Waals surface area (Å²) in [7, 11) is 0. The highest BCUT2D eigenvalue weighted by Crippen LogP contribution is 2.25. The maximum atomic E-state index is 13.1. The van der Waals surface area contributed by atoms with Crippen molar-refractivity contribution < 1.29 is 18.0 Å². The quantitative estimate of drug-likeness (QED) is 0.586. The molecule has 4 aromatic rings. The van der Waals surface area contributed by atoms with Gasteiger partial charge in [0.1, 0.15) is 23.5 Å². The third-order valence-corrected chi connectivity index (χ3v) is 3.71. The zero-order valence-corrected chi connectivity index (χ0v) is 14.1. The summed E-state index contributed by atoms with van der Waals surface area (Å²) in [6, 6.07) is 11.0. The van der Waals surface area contributed by atoms with Crippen LogP contribution < -0.4 is 5.32 Å². The minimum atomic E-state index is -0.579. The summed E-state index contributed by atoms with van der Waals surface area (Å²) in [5.74, 6) is -0.672. The molecule has 3 heterocycles. The monoisotopic (exact) mass is 364 g/mol. The first-order valence-corrected chi connectivity index (χ1v) is 8.02. The number of rotatable bonds is 4. The third kappa shape index (κ3) is 3.45. The number of nitrogens with zero attached hydrogens (tertiary/aromatic N) is 3. The van der Waals surface area contributed by atoms with Crippen molar-refractivity contribution >= 4 is 11.9 Å². The van der Waals surface area contributed by atoms with E-state index in [1.165, 1.54) is 30.5 Å². The third-order valence-electron chi connectivity index (χ3n) is 3.71. The van der Waals surface area contributed by atoms with Crippen LogP contribution in [0.25, 0.3) is 22.6 Å². The van der Waals surface area contributed by atoms with E-state index in [2.05, 4.69) is 20.3 Å². The number of hydrogen-bond donors (Lipinski definition) is 1. The first-order chi connectivity index (χ1) is 13.1. The van der Waals surface area contributed by atoms with E-state index in [1.807, 2.05) is 6.07 Å². The maximum Gasteiger partial charge on any atom is 0.302 e. The van der Waals surface area contributed by atoms with E-state index in [0.29, 0.717) is 28.5 Å². The summed E-state index contributed by atoms with van der Waals surface area (Å²) in [6.45, 7) is 1.62. The molecule has 0 aliphatic heterocycles. The highest BCUT2D eigenvalue weighted by molar-refractivity contribution is 6.05. The summed E-state index contributed by atoms with van der Waals surface area (Å²) in [5, 5.41) is 2.53. The molecule has 4 rings (SSSR count). The molecule has 134 valence electrons. The summed E-state index contributed by atoms with van der Waals surface area (Å²) < 4.78 is 23.9. The van der Waals surface area contributed by atoms with Gasteiger partial charge in [0.05, 0.1) is 5.69 Å². The number of carbonyl (C=O) groups is 1. The van der Waals surface area contributed by atoms with Crippen LogP contribution in [0.5, 0.6) is 0 Å². The Labute approximate surface area is 152 Å². The average Bonchev–Trinajstić information content (AvgIpc) is 3.30. The lowest BCUT2D eigenvalue weighted by atomic mass is 10.1. The molecule has 8 heteroatoms. The minimum absolute atomic E-state index is 0.000220. The molecule has 1 aromatic carbocycles. The van der Waals surface area contributed by atoms with Gasteiger partial charge >= 0.3 is 6.01 Å². The lowest BCUT2D eigenvalue weighted by Gasteiger charge is -2.01. The van der Waals surface area contributed by atoms with Crippen molar-refractivity contribution in [3.05, 3.63) is 72.4 Å². The summed E-state index contributed by atoms with van der Waals surface area (Å²) in [5.41, 5.74) is 1.96. The smallest absolute Gasteiger partial charge is 0.302 e. The van der Waals surface area contributed by atoms with E-state index in [0.717, 1.165) is 0 Å². The van der Waals surface area contributed by atoms with E-state index in [9.17, 15) is 9.18 Å². The molecule has 0 saturated heterocycles. The predicted octanol–water partition coefficient (Wildman–Crippen LogP) is 4.09. The van der Waals surface area contributed by atoms with Gasteiger partial charge in [-0.2, -0.15) is 4.98 Å². The fourth-order valence-electron chi connectivity index (χ4n) is 2.50. The van der Waals surface area contributed by atoms with Gasteiger partial charge in [-0.25, -0.2) is 9.37 Å². The molecule has 0 saturated carbocycles. The Morgan fingerprint density at radius 3 is 2.63 bits per heavy atom. The van der Waals surface area contributed by atoms with Crippen molar-refractivity contribution in [2.24, 2.45) is 0 Å². The van der Waals surface area contributed by atoms with E-state index in [-0.39, 0.29) is 17.6 Å². The molecular formula is C19H13FN4O3. The predicted molar refractivity (Wildman–Crippen MR) is 94.3 cm³/mol. The number of aryl methyl sites for hydroxylation is 1. The van der Waals surface area contributed by atoms with Crippen LogP contribution in [0.4, 0.5) is 10.4 Å². The van der Waals surface area contributed by atoms with Crippen LogP contribution in [0.3, 0.4) is 0 Å². The van der Waals surface area contributed by atoms with Crippen LogP contribution in [0.15, 0.2) is 63.8 Å². The first kappa shape index (κ1) is 16.6. The molecule has 0 aliphatic rings. The Morgan fingerprint density at radius 2 is 1.89 bits per heavy atom. The Balaban J connectivity index is 1.59. The Hall–Kier alpha value is -3.81. The van der Waals surface area contributed by atoms with Crippen LogP contribution in [0.2, 0.25) is 0 Å². The Kier molecular flexibility index (Phi) is 4.21. The van der Waals surface area contributed by atoms with Crippen molar-refractivity contribution in [1.29, 1.82) is 0 Å². The largest absolute Gasteiger partial charge is 0.435 e. The van der Waals surface area contributed by atoms with Crippen molar-refractivity contribution in [1.82, 2.24) is 15.0 Å². The van der Waals surface area contributed by atoms with Gasteiger partial charge in [0.15, 0.2) is 5.89 Å². The zero-order valence-electron chi connectivity index (χ0n) is 14.1. The summed E-state index contributed by atoms with van der Waals surface area (Å²) >= 11 is 0. The molecule has 1 N–H and O–H groups in total. The average molecular weight is 364 g/mol. The van der Waals surface area contributed by atoms with Crippen LogP contribution in [-0.4, -0.2) is 20.9 Å². The SMILES string of the molecule is Cc1nc(-c2ccc(F)cc2)c(C(=O)Nc2nc(-c3ccccn3)co2)o1. The normalized spacial score (nSPS) is 10.7. The minimum Gasteiger partial charge on any atom is -0.435 e. The van der Waals surface area contributed by atoms with Gasteiger partial charge in [-0.15, -0.1) is 0 Å². The molecule has 0 fully saturated rings. The molecule has 0 atom stereocenters. The van der Waals surface area contributed by atoms with Gasteiger partial charge in [0, 0.05) is 18.7 Å². The molecule has 0 unspecified atom stereocenters. The van der Waals surface area contributed by atoms with Gasteiger partial charge in [-0.1, -0.05) is 6.07 Å². The molecule has 0 spiro atoms. The fraction of sp³-hybridized carbons (Fsp3) is 0.0526. The molecule has 0 bridgehead atoms. The standard InChI is InChI=1S/C19H13FN4O3/c1-11-22-16(12-5-7-13(20)8-6-12)17(27-11)18(25)24-19-23-15(10-26-19)14-4-2-3-9-21-14/h2-10H,1H3,(H,23,24,25). The van der Waals surface area contributed by atoms with E-state index in [1.54, 1.807) is 25.3 Å². The molecule has 0 aliphatic carbocycles. The maximum absolute atomic E-state index is 13.1. The number of benzene rings is 1. The molecule has 7 nitrogen and oxygen atoms in total. The molecule has 27 heavy (non-hydrogen) atoms.